The summed E-state index contributed by atoms with van der Waals surface area (Å²) in [6.45, 7) is 0.578. The number of ether oxygens (including phenoxy) is 1. The van der Waals surface area contributed by atoms with E-state index < -0.39 is 0 Å². The minimum atomic E-state index is 0. The van der Waals surface area contributed by atoms with E-state index in [1.165, 1.54) is 5.56 Å². The van der Waals surface area contributed by atoms with Gasteiger partial charge in [-0.1, -0.05) is 42.5 Å². The molecule has 100 valence electrons. The molecule has 0 spiro atoms. The fourth-order valence-electron chi connectivity index (χ4n) is 1.74. The summed E-state index contributed by atoms with van der Waals surface area (Å²) in [6.07, 6.45) is 0.840. The zero-order valence-electron chi connectivity index (χ0n) is 10.5. The van der Waals surface area contributed by atoms with E-state index in [1.807, 2.05) is 36.4 Å². The van der Waals surface area contributed by atoms with E-state index in [9.17, 15) is 0 Å². The molecule has 0 aromatic heterocycles. The first-order valence-corrected chi connectivity index (χ1v) is 5.87. The first-order valence-electron chi connectivity index (χ1n) is 5.87. The molecule has 19 heavy (non-hydrogen) atoms. The molecule has 2 aromatic carbocycles. The number of nitrogens with two attached hydrogens (primary N) is 1. The van der Waals surface area contributed by atoms with Crippen molar-refractivity contribution < 1.29 is 4.74 Å². The van der Waals surface area contributed by atoms with E-state index in [-0.39, 0.29) is 18.2 Å². The van der Waals surface area contributed by atoms with Crippen molar-refractivity contribution >= 4 is 18.2 Å². The summed E-state index contributed by atoms with van der Waals surface area (Å²) in [6, 6.07) is 17.5. The molecule has 2 aromatic rings. The summed E-state index contributed by atoms with van der Waals surface area (Å²) >= 11 is 0. The molecule has 0 saturated carbocycles. The van der Waals surface area contributed by atoms with Gasteiger partial charge in [-0.25, -0.2) is 0 Å². The van der Waals surface area contributed by atoms with Gasteiger partial charge in [0.25, 0.3) is 0 Å². The smallest absolute Gasteiger partial charge is 0.130 e. The normalized spacial score (nSPS) is 9.47. The molecule has 0 radical (unpaired) electrons. The molecule has 0 bridgehead atoms. The second-order valence-electron chi connectivity index (χ2n) is 3.99. The number of nitrogens with one attached hydrogen (secondary N) is 1. The molecule has 0 heterocycles. The number of hydrogen-bond acceptors (Lipinski definition) is 2. The van der Waals surface area contributed by atoms with Gasteiger partial charge in [0, 0.05) is 6.42 Å². The van der Waals surface area contributed by atoms with E-state index >= 15 is 0 Å². The van der Waals surface area contributed by atoms with Gasteiger partial charge in [-0.2, -0.15) is 0 Å². The summed E-state index contributed by atoms with van der Waals surface area (Å²) in [5.74, 6) is 0.700. The van der Waals surface area contributed by atoms with Gasteiger partial charge in [0.05, 0.1) is 12.2 Å². The molecule has 0 amide bonds. The van der Waals surface area contributed by atoms with Crippen LogP contribution in [0.25, 0.3) is 0 Å². The summed E-state index contributed by atoms with van der Waals surface area (Å²) in [4.78, 5) is 0. The Labute approximate surface area is 119 Å². The molecule has 0 aliphatic carbocycles. The third kappa shape index (κ3) is 4.30. The van der Waals surface area contributed by atoms with Crippen LogP contribution in [0.3, 0.4) is 0 Å². The second kappa shape index (κ2) is 7.44. The van der Waals surface area contributed by atoms with Gasteiger partial charge in [0.2, 0.25) is 0 Å². The van der Waals surface area contributed by atoms with Crippen LogP contribution in [0, 0.1) is 5.41 Å². The molecule has 3 nitrogen and oxygen atoms in total. The first kappa shape index (κ1) is 15.1. The highest BCUT2D eigenvalue weighted by molar-refractivity contribution is 5.97. The summed E-state index contributed by atoms with van der Waals surface area (Å²) in [5.41, 5.74) is 7.38. The van der Waals surface area contributed by atoms with Crippen LogP contribution in [-0.4, -0.2) is 12.4 Å². The van der Waals surface area contributed by atoms with Gasteiger partial charge in [-0.15, -0.1) is 12.4 Å². The highest BCUT2D eigenvalue weighted by Crippen LogP contribution is 2.17. The lowest BCUT2D eigenvalue weighted by atomic mass is 10.1. The summed E-state index contributed by atoms with van der Waals surface area (Å²) < 4.78 is 5.68. The quantitative estimate of drug-likeness (QED) is 0.651. The maximum atomic E-state index is 7.47. The van der Waals surface area contributed by atoms with E-state index in [0.717, 1.165) is 6.42 Å². The standard InChI is InChI=1S/C15H16N2O.ClH/c16-15(17)13-8-4-5-9-14(13)18-11-10-12-6-2-1-3-7-12;/h1-9H,10-11H2,(H3,16,17);1H. The first-order chi connectivity index (χ1) is 8.77. The van der Waals surface area contributed by atoms with Crippen LogP contribution >= 0.6 is 12.4 Å². The summed E-state index contributed by atoms with van der Waals surface area (Å²) in [7, 11) is 0. The molecule has 0 aliphatic heterocycles. The minimum absolute atomic E-state index is 0. The molecule has 0 unspecified atom stereocenters. The SMILES string of the molecule is Cl.N=C(N)c1ccccc1OCCc1ccccc1. The van der Waals surface area contributed by atoms with Gasteiger partial charge in [0.1, 0.15) is 11.6 Å². The van der Waals surface area contributed by atoms with Crippen molar-refractivity contribution in [1.82, 2.24) is 0 Å². The van der Waals surface area contributed by atoms with Gasteiger partial charge in [-0.05, 0) is 17.7 Å². The molecule has 4 heteroatoms. The van der Waals surface area contributed by atoms with Crippen molar-refractivity contribution in [3.63, 3.8) is 0 Å². The van der Waals surface area contributed by atoms with Crippen molar-refractivity contribution in [3.8, 4) is 5.75 Å². The highest BCUT2D eigenvalue weighted by Gasteiger charge is 2.05. The Morgan fingerprint density at radius 2 is 1.63 bits per heavy atom. The minimum Gasteiger partial charge on any atom is -0.492 e. The molecular formula is C15H17ClN2O. The number of rotatable bonds is 5. The Morgan fingerprint density at radius 3 is 2.32 bits per heavy atom. The van der Waals surface area contributed by atoms with E-state index in [0.29, 0.717) is 17.9 Å². The zero-order chi connectivity index (χ0) is 12.8. The maximum Gasteiger partial charge on any atom is 0.130 e. The Morgan fingerprint density at radius 1 is 1.00 bits per heavy atom. The number of para-hydroxylation sites is 1. The van der Waals surface area contributed by atoms with Crippen LogP contribution in [0.15, 0.2) is 54.6 Å². The lowest BCUT2D eigenvalue weighted by molar-refractivity contribution is 0.321. The van der Waals surface area contributed by atoms with Gasteiger partial charge < -0.3 is 10.5 Å². The van der Waals surface area contributed by atoms with Gasteiger partial charge in [0.15, 0.2) is 0 Å². The van der Waals surface area contributed by atoms with Crippen molar-refractivity contribution in [2.45, 2.75) is 6.42 Å². The predicted molar refractivity (Wildman–Crippen MR) is 80.3 cm³/mol. The largest absolute Gasteiger partial charge is 0.492 e. The van der Waals surface area contributed by atoms with Crippen LogP contribution in [0.4, 0.5) is 0 Å². The molecule has 2 rings (SSSR count). The van der Waals surface area contributed by atoms with Crippen molar-refractivity contribution in [3.05, 3.63) is 65.7 Å². The third-order valence-corrected chi connectivity index (χ3v) is 2.67. The van der Waals surface area contributed by atoms with Gasteiger partial charge in [-0.3, -0.25) is 5.41 Å². The molecule has 0 saturated heterocycles. The van der Waals surface area contributed by atoms with E-state index in [2.05, 4.69) is 12.1 Å². The Bertz CT molecular complexity index is 529. The number of nitrogen functional groups attached to an aromatic ring is 1. The monoisotopic (exact) mass is 276 g/mol. The molecule has 0 aliphatic rings. The Hall–Kier alpha value is -2.00. The topological polar surface area (TPSA) is 59.1 Å². The Balaban J connectivity index is 0.00000180. The van der Waals surface area contributed by atoms with E-state index in [1.54, 1.807) is 6.07 Å². The highest BCUT2D eigenvalue weighted by atomic mass is 35.5. The lowest BCUT2D eigenvalue weighted by Gasteiger charge is -2.10. The lowest BCUT2D eigenvalue weighted by Crippen LogP contribution is -2.13. The Kier molecular flexibility index (Phi) is 5.90. The maximum absolute atomic E-state index is 7.47. The fraction of sp³-hybridized carbons (Fsp3) is 0.133. The molecule has 0 fully saturated rings. The molecular weight excluding hydrogens is 260 g/mol. The average molecular weight is 277 g/mol. The van der Waals surface area contributed by atoms with Crippen LogP contribution in [0.2, 0.25) is 0 Å². The number of halogens is 1. The van der Waals surface area contributed by atoms with E-state index in [4.69, 9.17) is 15.9 Å². The average Bonchev–Trinajstić information content (AvgIpc) is 2.40. The fourth-order valence-corrected chi connectivity index (χ4v) is 1.74. The zero-order valence-corrected chi connectivity index (χ0v) is 11.3. The number of hydrogen-bond donors (Lipinski definition) is 2. The number of benzene rings is 2. The van der Waals surface area contributed by atoms with Crippen LogP contribution in [0.1, 0.15) is 11.1 Å². The number of amidine groups is 1. The third-order valence-electron chi connectivity index (χ3n) is 2.67. The van der Waals surface area contributed by atoms with Crippen LogP contribution < -0.4 is 10.5 Å². The van der Waals surface area contributed by atoms with Crippen molar-refractivity contribution in [1.29, 1.82) is 5.41 Å². The van der Waals surface area contributed by atoms with Crippen molar-refractivity contribution in [2.24, 2.45) is 5.73 Å². The summed E-state index contributed by atoms with van der Waals surface area (Å²) in [5, 5.41) is 7.47. The molecule has 3 N–H and O–H groups in total. The predicted octanol–water partition coefficient (Wildman–Crippen LogP) is 3.01. The molecule has 0 atom stereocenters. The van der Waals surface area contributed by atoms with Crippen LogP contribution in [0.5, 0.6) is 5.75 Å². The second-order valence-corrected chi connectivity index (χ2v) is 3.99. The van der Waals surface area contributed by atoms with Crippen LogP contribution in [-0.2, 0) is 6.42 Å². The van der Waals surface area contributed by atoms with Gasteiger partial charge >= 0.3 is 0 Å². The van der Waals surface area contributed by atoms with Crippen molar-refractivity contribution in [2.75, 3.05) is 6.61 Å².